The standard InChI is InChI=1S/C22H16F4N4O2/c1-11(10-31)27-22-28-20(14-4-2-12(23)8-16(14)25)15-5-7-19(32)30(21(15)29-22)18-6-3-13(24)9-17(18)26/h2-9,11,31H,10H2,1H3,(H,27,28,29). The summed E-state index contributed by atoms with van der Waals surface area (Å²) in [7, 11) is 0. The Morgan fingerprint density at radius 2 is 1.66 bits per heavy atom. The van der Waals surface area contributed by atoms with Gasteiger partial charge in [0.1, 0.15) is 23.3 Å². The van der Waals surface area contributed by atoms with Gasteiger partial charge in [-0.2, -0.15) is 4.98 Å². The number of hydrogen-bond acceptors (Lipinski definition) is 5. The fraction of sp³-hybridized carbons (Fsp3) is 0.136. The van der Waals surface area contributed by atoms with Gasteiger partial charge in [0, 0.05) is 35.2 Å². The molecule has 2 aromatic heterocycles. The maximum Gasteiger partial charge on any atom is 0.256 e. The van der Waals surface area contributed by atoms with Gasteiger partial charge < -0.3 is 10.4 Å². The minimum atomic E-state index is -1.01. The fourth-order valence-corrected chi connectivity index (χ4v) is 3.23. The van der Waals surface area contributed by atoms with E-state index in [1.165, 1.54) is 12.1 Å². The summed E-state index contributed by atoms with van der Waals surface area (Å²) in [4.78, 5) is 21.2. The second kappa shape index (κ2) is 8.39. The van der Waals surface area contributed by atoms with Crippen LogP contribution in [0, 0.1) is 23.3 Å². The molecular weight excluding hydrogens is 428 g/mol. The normalized spacial score (nSPS) is 12.2. The molecule has 0 spiro atoms. The van der Waals surface area contributed by atoms with Crippen LogP contribution in [0.3, 0.4) is 0 Å². The molecule has 0 fully saturated rings. The van der Waals surface area contributed by atoms with Crippen molar-refractivity contribution in [2.75, 3.05) is 11.9 Å². The number of nitrogens with zero attached hydrogens (tertiary/aromatic N) is 3. The fourth-order valence-electron chi connectivity index (χ4n) is 3.23. The second-order valence-electron chi connectivity index (χ2n) is 7.09. The highest BCUT2D eigenvalue weighted by Gasteiger charge is 2.20. The third-order valence-corrected chi connectivity index (χ3v) is 4.74. The molecule has 32 heavy (non-hydrogen) atoms. The Bertz CT molecular complexity index is 1390. The predicted molar refractivity (Wildman–Crippen MR) is 111 cm³/mol. The van der Waals surface area contributed by atoms with Gasteiger partial charge in [-0.1, -0.05) is 0 Å². The summed E-state index contributed by atoms with van der Waals surface area (Å²) in [6.07, 6.45) is 0. The van der Waals surface area contributed by atoms with Crippen LogP contribution in [-0.4, -0.2) is 32.3 Å². The molecule has 2 heterocycles. The smallest absolute Gasteiger partial charge is 0.256 e. The van der Waals surface area contributed by atoms with Gasteiger partial charge in [-0.25, -0.2) is 22.5 Å². The molecule has 0 bridgehead atoms. The van der Waals surface area contributed by atoms with E-state index in [9.17, 15) is 27.5 Å². The number of benzene rings is 2. The van der Waals surface area contributed by atoms with Gasteiger partial charge in [0.25, 0.3) is 5.56 Å². The maximum absolute atomic E-state index is 14.6. The van der Waals surface area contributed by atoms with Crippen molar-refractivity contribution in [3.63, 3.8) is 0 Å². The first-order valence-corrected chi connectivity index (χ1v) is 9.50. The van der Waals surface area contributed by atoms with E-state index in [-0.39, 0.29) is 40.5 Å². The molecule has 0 aliphatic heterocycles. The number of aliphatic hydroxyl groups is 1. The zero-order valence-corrected chi connectivity index (χ0v) is 16.6. The summed E-state index contributed by atoms with van der Waals surface area (Å²) >= 11 is 0. The van der Waals surface area contributed by atoms with Gasteiger partial charge in [-0.3, -0.25) is 9.36 Å². The molecule has 164 valence electrons. The number of pyridine rings is 1. The average Bonchev–Trinajstić information content (AvgIpc) is 2.74. The molecule has 0 saturated heterocycles. The van der Waals surface area contributed by atoms with Crippen LogP contribution in [0.15, 0.2) is 53.3 Å². The Kier molecular flexibility index (Phi) is 5.62. The molecule has 0 amide bonds. The number of hydrogen-bond donors (Lipinski definition) is 2. The molecule has 2 N–H and O–H groups in total. The van der Waals surface area contributed by atoms with Crippen molar-refractivity contribution < 1.29 is 22.7 Å². The molecule has 2 aromatic carbocycles. The van der Waals surface area contributed by atoms with E-state index in [0.29, 0.717) is 12.1 Å². The van der Waals surface area contributed by atoms with Gasteiger partial charge in [0.15, 0.2) is 5.65 Å². The number of halogens is 4. The van der Waals surface area contributed by atoms with Crippen molar-refractivity contribution >= 4 is 17.0 Å². The molecule has 0 aliphatic carbocycles. The lowest BCUT2D eigenvalue weighted by atomic mass is 10.1. The first-order chi connectivity index (χ1) is 15.3. The Balaban J connectivity index is 2.09. The van der Waals surface area contributed by atoms with Crippen molar-refractivity contribution in [1.82, 2.24) is 14.5 Å². The van der Waals surface area contributed by atoms with Crippen molar-refractivity contribution in [3.8, 4) is 16.9 Å². The lowest BCUT2D eigenvalue weighted by Gasteiger charge is -2.16. The van der Waals surface area contributed by atoms with Crippen molar-refractivity contribution in [2.24, 2.45) is 0 Å². The van der Waals surface area contributed by atoms with Crippen LogP contribution >= 0.6 is 0 Å². The van der Waals surface area contributed by atoms with E-state index in [4.69, 9.17) is 0 Å². The first-order valence-electron chi connectivity index (χ1n) is 9.50. The SMILES string of the molecule is CC(CO)Nc1nc(-c2ccc(F)cc2F)c2ccc(=O)n(-c3ccc(F)cc3F)c2n1. The monoisotopic (exact) mass is 444 g/mol. The van der Waals surface area contributed by atoms with E-state index < -0.39 is 34.9 Å². The van der Waals surface area contributed by atoms with Crippen LogP contribution in [0.1, 0.15) is 6.92 Å². The van der Waals surface area contributed by atoms with Gasteiger partial charge in [0.2, 0.25) is 5.95 Å². The Labute approximate surface area is 178 Å². The van der Waals surface area contributed by atoms with E-state index in [1.807, 2.05) is 0 Å². The quantitative estimate of drug-likeness (QED) is 0.458. The summed E-state index contributed by atoms with van der Waals surface area (Å²) in [6, 6.07) is 7.54. The molecule has 4 aromatic rings. The third-order valence-electron chi connectivity index (χ3n) is 4.74. The van der Waals surface area contributed by atoms with Gasteiger partial charge in [-0.05, 0) is 37.3 Å². The minimum absolute atomic E-state index is 0.0106. The van der Waals surface area contributed by atoms with E-state index in [1.54, 1.807) is 6.92 Å². The number of anilines is 1. The van der Waals surface area contributed by atoms with Gasteiger partial charge in [0.05, 0.1) is 18.0 Å². The average molecular weight is 444 g/mol. The topological polar surface area (TPSA) is 80.0 Å². The molecule has 10 heteroatoms. The zero-order valence-electron chi connectivity index (χ0n) is 16.6. The molecule has 1 unspecified atom stereocenters. The van der Waals surface area contributed by atoms with E-state index in [2.05, 4.69) is 15.3 Å². The van der Waals surface area contributed by atoms with Crippen LogP contribution in [-0.2, 0) is 0 Å². The van der Waals surface area contributed by atoms with Crippen LogP contribution in [0.5, 0.6) is 0 Å². The lowest BCUT2D eigenvalue weighted by Crippen LogP contribution is -2.23. The summed E-state index contributed by atoms with van der Waals surface area (Å²) < 4.78 is 56.9. The summed E-state index contributed by atoms with van der Waals surface area (Å²) in [5.74, 6) is -3.62. The highest BCUT2D eigenvalue weighted by atomic mass is 19.1. The number of rotatable bonds is 5. The zero-order chi connectivity index (χ0) is 23.0. The molecule has 4 rings (SSSR count). The molecule has 0 aliphatic rings. The van der Waals surface area contributed by atoms with Crippen molar-refractivity contribution in [3.05, 3.63) is 82.2 Å². The number of aliphatic hydroxyl groups excluding tert-OH is 1. The van der Waals surface area contributed by atoms with Crippen LogP contribution < -0.4 is 10.9 Å². The van der Waals surface area contributed by atoms with Crippen molar-refractivity contribution in [1.29, 1.82) is 0 Å². The molecule has 0 radical (unpaired) electrons. The number of nitrogens with one attached hydrogen (secondary N) is 1. The predicted octanol–water partition coefficient (Wildman–Crippen LogP) is 3.80. The van der Waals surface area contributed by atoms with Gasteiger partial charge >= 0.3 is 0 Å². The van der Waals surface area contributed by atoms with E-state index >= 15 is 0 Å². The van der Waals surface area contributed by atoms with Crippen LogP contribution in [0.25, 0.3) is 28.0 Å². The Hall–Kier alpha value is -3.79. The first kappa shape index (κ1) is 21.4. The molecular formula is C22H16F4N4O2. The van der Waals surface area contributed by atoms with Crippen LogP contribution in [0.2, 0.25) is 0 Å². The number of aromatic nitrogens is 3. The highest BCUT2D eigenvalue weighted by molar-refractivity contribution is 5.92. The summed E-state index contributed by atoms with van der Waals surface area (Å²) in [5, 5.41) is 12.3. The van der Waals surface area contributed by atoms with E-state index in [0.717, 1.165) is 28.8 Å². The summed E-state index contributed by atoms with van der Waals surface area (Å²) in [5.41, 5.74) is -1.11. The third kappa shape index (κ3) is 3.92. The van der Waals surface area contributed by atoms with Gasteiger partial charge in [-0.15, -0.1) is 0 Å². The van der Waals surface area contributed by atoms with Crippen LogP contribution in [0.4, 0.5) is 23.5 Å². The summed E-state index contributed by atoms with van der Waals surface area (Å²) in [6.45, 7) is 1.35. The largest absolute Gasteiger partial charge is 0.394 e. The second-order valence-corrected chi connectivity index (χ2v) is 7.09. The lowest BCUT2D eigenvalue weighted by molar-refractivity contribution is 0.281. The maximum atomic E-state index is 14.6. The van der Waals surface area contributed by atoms with Crippen molar-refractivity contribution in [2.45, 2.75) is 13.0 Å². The molecule has 1 atom stereocenters. The Morgan fingerprint density at radius 3 is 2.31 bits per heavy atom. The Morgan fingerprint density at radius 1 is 0.969 bits per heavy atom. The molecule has 0 saturated carbocycles. The number of fused-ring (bicyclic) bond motifs is 1. The minimum Gasteiger partial charge on any atom is -0.394 e. The highest BCUT2D eigenvalue weighted by Crippen LogP contribution is 2.30. The molecule has 6 nitrogen and oxygen atoms in total.